The minimum Gasteiger partial charge on any atom is -0.381 e. The molecule has 4 aliphatic rings. The average Bonchev–Trinajstić information content (AvgIpc) is 2.98. The van der Waals surface area contributed by atoms with Gasteiger partial charge >= 0.3 is 0 Å². The van der Waals surface area contributed by atoms with E-state index < -0.39 is 0 Å². The molecule has 4 fully saturated rings. The van der Waals surface area contributed by atoms with E-state index in [0.717, 1.165) is 42.8 Å². The third kappa shape index (κ3) is 2.89. The largest absolute Gasteiger partial charge is 0.381 e. The standard InChI is InChI=1S/C26H44O/c1-7-27-17-19-10-15-26(6)23-12-14-25(5)21(18(2)3)8-9-22(25)20(23)11-13-24(26,4)16-19/h19-23H,2,7-17H2,1,3-6H3/t19?,20?,21?,22?,23?,24-,25?,26?/m1/s1. The van der Waals surface area contributed by atoms with Crippen LogP contribution in [0.5, 0.6) is 0 Å². The van der Waals surface area contributed by atoms with Crippen LogP contribution >= 0.6 is 0 Å². The van der Waals surface area contributed by atoms with E-state index in [9.17, 15) is 0 Å². The molecule has 7 unspecified atom stereocenters. The number of hydrogen-bond acceptors (Lipinski definition) is 1. The Bertz CT molecular complexity index is 581. The highest BCUT2D eigenvalue weighted by atomic mass is 16.5. The molecular formula is C26H44O. The van der Waals surface area contributed by atoms with Crippen LogP contribution in [-0.2, 0) is 4.74 Å². The Hall–Kier alpha value is -0.300. The first-order chi connectivity index (χ1) is 12.7. The zero-order chi connectivity index (χ0) is 19.4. The summed E-state index contributed by atoms with van der Waals surface area (Å²) in [5.41, 5.74) is 3.10. The fourth-order valence-electron chi connectivity index (χ4n) is 9.00. The quantitative estimate of drug-likeness (QED) is 0.472. The first-order valence-corrected chi connectivity index (χ1v) is 12.0. The zero-order valence-corrected chi connectivity index (χ0v) is 18.8. The average molecular weight is 373 g/mol. The minimum atomic E-state index is 0.536. The molecule has 8 atom stereocenters. The molecule has 1 heteroatoms. The summed E-state index contributed by atoms with van der Waals surface area (Å²) < 4.78 is 5.83. The molecule has 0 aromatic carbocycles. The molecule has 0 saturated heterocycles. The molecule has 4 aliphatic carbocycles. The van der Waals surface area contributed by atoms with Crippen LogP contribution in [0.1, 0.15) is 92.4 Å². The summed E-state index contributed by atoms with van der Waals surface area (Å²) in [5, 5.41) is 0. The highest BCUT2D eigenvalue weighted by molar-refractivity contribution is 5.16. The highest BCUT2D eigenvalue weighted by Gasteiger charge is 2.63. The number of rotatable bonds is 4. The molecule has 0 heterocycles. The van der Waals surface area contributed by atoms with Crippen molar-refractivity contribution in [3.63, 3.8) is 0 Å². The van der Waals surface area contributed by atoms with Crippen LogP contribution in [0.2, 0.25) is 0 Å². The molecule has 0 aromatic heterocycles. The third-order valence-electron chi connectivity index (χ3n) is 10.6. The second-order valence-corrected chi connectivity index (χ2v) is 11.7. The van der Waals surface area contributed by atoms with E-state index in [1.54, 1.807) is 0 Å². The van der Waals surface area contributed by atoms with E-state index >= 15 is 0 Å². The molecule has 0 spiro atoms. The predicted octanol–water partition coefficient (Wildman–Crippen LogP) is 7.26. The van der Waals surface area contributed by atoms with Crippen LogP contribution in [-0.4, -0.2) is 13.2 Å². The van der Waals surface area contributed by atoms with Crippen LogP contribution in [0.25, 0.3) is 0 Å². The Morgan fingerprint density at radius 3 is 2.44 bits per heavy atom. The molecule has 1 nitrogen and oxygen atoms in total. The highest BCUT2D eigenvalue weighted by Crippen LogP contribution is 2.71. The van der Waals surface area contributed by atoms with Gasteiger partial charge in [-0.25, -0.2) is 0 Å². The SMILES string of the molecule is C=C(C)C1CCC2C3CC[C@]4(C)CC(COCC)CCC4(C)C3CCC12C. The van der Waals surface area contributed by atoms with Crippen molar-refractivity contribution in [1.82, 2.24) is 0 Å². The molecular weight excluding hydrogens is 328 g/mol. The van der Waals surface area contributed by atoms with Gasteiger partial charge in [0.15, 0.2) is 0 Å². The molecule has 27 heavy (non-hydrogen) atoms. The monoisotopic (exact) mass is 372 g/mol. The van der Waals surface area contributed by atoms with Gasteiger partial charge in [-0.3, -0.25) is 0 Å². The van der Waals surface area contributed by atoms with Crippen molar-refractivity contribution >= 4 is 0 Å². The van der Waals surface area contributed by atoms with Gasteiger partial charge in [0.25, 0.3) is 0 Å². The van der Waals surface area contributed by atoms with Gasteiger partial charge in [-0.15, -0.1) is 0 Å². The Labute approximate surface area is 168 Å². The molecule has 4 rings (SSSR count). The molecule has 4 saturated carbocycles. The summed E-state index contributed by atoms with van der Waals surface area (Å²) in [6.07, 6.45) is 13.0. The van der Waals surface area contributed by atoms with Crippen molar-refractivity contribution < 1.29 is 4.74 Å². The topological polar surface area (TPSA) is 9.23 Å². The fraction of sp³-hybridized carbons (Fsp3) is 0.923. The summed E-state index contributed by atoms with van der Waals surface area (Å²) in [6, 6.07) is 0. The lowest BCUT2D eigenvalue weighted by Crippen LogP contribution is -2.57. The fourth-order valence-corrected chi connectivity index (χ4v) is 9.00. The summed E-state index contributed by atoms with van der Waals surface area (Å²) in [6.45, 7) is 18.7. The van der Waals surface area contributed by atoms with Gasteiger partial charge < -0.3 is 4.74 Å². The lowest BCUT2D eigenvalue weighted by atomic mass is 9.39. The normalized spacial score (nSPS) is 52.0. The van der Waals surface area contributed by atoms with Gasteiger partial charge in [-0.2, -0.15) is 0 Å². The van der Waals surface area contributed by atoms with Gasteiger partial charge in [0, 0.05) is 13.2 Å². The summed E-state index contributed by atoms with van der Waals surface area (Å²) >= 11 is 0. The van der Waals surface area contributed by atoms with Crippen LogP contribution in [0.4, 0.5) is 0 Å². The minimum absolute atomic E-state index is 0.536. The smallest absolute Gasteiger partial charge is 0.0494 e. The second-order valence-electron chi connectivity index (χ2n) is 11.7. The number of allylic oxidation sites excluding steroid dienone is 1. The molecule has 0 bridgehead atoms. The predicted molar refractivity (Wildman–Crippen MR) is 115 cm³/mol. The Balaban J connectivity index is 1.56. The first-order valence-electron chi connectivity index (χ1n) is 12.0. The van der Waals surface area contributed by atoms with Crippen LogP contribution in [0.3, 0.4) is 0 Å². The molecule has 0 amide bonds. The van der Waals surface area contributed by atoms with Crippen LogP contribution in [0.15, 0.2) is 12.2 Å². The summed E-state index contributed by atoms with van der Waals surface area (Å²) in [5.74, 6) is 4.49. The van der Waals surface area contributed by atoms with E-state index in [4.69, 9.17) is 4.74 Å². The van der Waals surface area contributed by atoms with Crippen LogP contribution in [0, 0.1) is 45.8 Å². The van der Waals surface area contributed by atoms with Crippen molar-refractivity contribution in [1.29, 1.82) is 0 Å². The molecule has 154 valence electrons. The third-order valence-corrected chi connectivity index (χ3v) is 10.6. The molecule has 0 N–H and O–H groups in total. The lowest BCUT2D eigenvalue weighted by molar-refractivity contribution is -0.164. The lowest BCUT2D eigenvalue weighted by Gasteiger charge is -2.65. The van der Waals surface area contributed by atoms with E-state index in [-0.39, 0.29) is 0 Å². The van der Waals surface area contributed by atoms with Crippen molar-refractivity contribution in [2.75, 3.05) is 13.2 Å². The van der Waals surface area contributed by atoms with E-state index in [2.05, 4.69) is 41.2 Å². The molecule has 0 aromatic rings. The molecule has 0 radical (unpaired) electrons. The maximum Gasteiger partial charge on any atom is 0.0494 e. The number of hydrogen-bond donors (Lipinski definition) is 0. The Morgan fingerprint density at radius 2 is 1.74 bits per heavy atom. The Morgan fingerprint density at radius 1 is 0.963 bits per heavy atom. The maximum absolute atomic E-state index is 5.83. The summed E-state index contributed by atoms with van der Waals surface area (Å²) in [7, 11) is 0. The Kier molecular flexibility index (Phi) is 5.10. The van der Waals surface area contributed by atoms with E-state index in [1.807, 2.05) is 0 Å². The number of ether oxygens (including phenoxy) is 1. The van der Waals surface area contributed by atoms with Gasteiger partial charge in [-0.1, -0.05) is 32.9 Å². The van der Waals surface area contributed by atoms with Crippen LogP contribution < -0.4 is 0 Å². The second kappa shape index (κ2) is 6.89. The molecule has 0 aliphatic heterocycles. The van der Waals surface area contributed by atoms with Crippen molar-refractivity contribution in [2.24, 2.45) is 45.8 Å². The van der Waals surface area contributed by atoms with E-state index in [1.165, 1.54) is 63.4 Å². The van der Waals surface area contributed by atoms with E-state index in [0.29, 0.717) is 16.2 Å². The number of fused-ring (bicyclic) bond motifs is 5. The summed E-state index contributed by atoms with van der Waals surface area (Å²) in [4.78, 5) is 0. The zero-order valence-electron chi connectivity index (χ0n) is 18.8. The first kappa shape index (κ1) is 20.0. The van der Waals surface area contributed by atoms with Crippen molar-refractivity contribution in [2.45, 2.75) is 92.4 Å². The van der Waals surface area contributed by atoms with Gasteiger partial charge in [-0.05, 0) is 117 Å². The maximum atomic E-state index is 5.83. The van der Waals surface area contributed by atoms with Crippen molar-refractivity contribution in [3.05, 3.63) is 12.2 Å². The van der Waals surface area contributed by atoms with Gasteiger partial charge in [0.2, 0.25) is 0 Å². The van der Waals surface area contributed by atoms with Gasteiger partial charge in [0.1, 0.15) is 0 Å². The van der Waals surface area contributed by atoms with Gasteiger partial charge in [0.05, 0.1) is 0 Å². The van der Waals surface area contributed by atoms with Crippen molar-refractivity contribution in [3.8, 4) is 0 Å².